The molecule has 1 aliphatic carbocycles. The predicted octanol–water partition coefficient (Wildman–Crippen LogP) is 2.37. The van der Waals surface area contributed by atoms with Gasteiger partial charge < -0.3 is 4.74 Å². The number of hydrogen-bond acceptors (Lipinski definition) is 3. The molecule has 0 aromatic heterocycles. The molecule has 1 aliphatic heterocycles. The monoisotopic (exact) mass is 162 g/mol. The molecule has 3 nitrogen and oxygen atoms in total. The minimum Gasteiger partial charge on any atom is -0.377 e. The maximum absolute atomic E-state index is 6.00. The second-order valence-electron chi connectivity index (χ2n) is 2.73. The Hall–Kier alpha value is -0.120. The normalized spacial score (nSPS) is 20.2. The minimum absolute atomic E-state index is 1.00. The Morgan fingerprint density at radius 3 is 0.909 bits per heavy atom. The molecule has 0 aromatic rings. The highest BCUT2D eigenvalue weighted by atomic mass is 17.0. The molecule has 0 radical (unpaired) electrons. The first kappa shape index (κ1) is 10.9. The lowest BCUT2D eigenvalue weighted by atomic mass is 10.0. The fourth-order valence-corrected chi connectivity index (χ4v) is 1.06. The average molecular weight is 162 g/mol. The fraction of sp³-hybridized carbons (Fsp3) is 1.00. The molecule has 2 rings (SSSR count). The van der Waals surface area contributed by atoms with Crippen LogP contribution < -0.4 is 0 Å². The van der Waals surface area contributed by atoms with Gasteiger partial charge in [0.2, 0.25) is 0 Å². The largest absolute Gasteiger partial charge is 0.377 e. The molecule has 11 heavy (non-hydrogen) atoms. The van der Waals surface area contributed by atoms with Gasteiger partial charge in [-0.3, -0.25) is 10.5 Å². The number of ether oxygens (including phenoxy) is 1. The Labute approximate surface area is 67.9 Å². The van der Waals surface area contributed by atoms with Gasteiger partial charge in [-0.2, -0.15) is 0 Å². The maximum atomic E-state index is 6.00. The number of epoxide rings is 1. The molecular formula is C8H18O3. The first-order valence-corrected chi connectivity index (χ1v) is 4.28. The van der Waals surface area contributed by atoms with E-state index in [9.17, 15) is 0 Å². The Bertz CT molecular complexity index is 46.1. The summed E-state index contributed by atoms with van der Waals surface area (Å²) >= 11 is 0. The van der Waals surface area contributed by atoms with Crippen molar-refractivity contribution in [3.05, 3.63) is 0 Å². The van der Waals surface area contributed by atoms with Gasteiger partial charge in [-0.25, -0.2) is 0 Å². The zero-order valence-electron chi connectivity index (χ0n) is 6.96. The Balaban J connectivity index is 0.000000169. The SMILES string of the molecule is C1CCCCC1.C1CO1.OO. The third-order valence-corrected chi connectivity index (χ3v) is 1.70. The minimum atomic E-state index is 1.00. The van der Waals surface area contributed by atoms with Crippen molar-refractivity contribution in [3.63, 3.8) is 0 Å². The van der Waals surface area contributed by atoms with Gasteiger partial charge in [-0.05, 0) is 0 Å². The molecule has 68 valence electrons. The van der Waals surface area contributed by atoms with Crippen LogP contribution in [-0.2, 0) is 4.74 Å². The highest BCUT2D eigenvalue weighted by Crippen LogP contribution is 2.15. The molecule has 0 spiro atoms. The van der Waals surface area contributed by atoms with Crippen LogP contribution in [-0.4, -0.2) is 23.7 Å². The molecule has 0 bridgehead atoms. The Morgan fingerprint density at radius 2 is 0.818 bits per heavy atom. The van der Waals surface area contributed by atoms with E-state index in [-0.39, 0.29) is 0 Å². The van der Waals surface area contributed by atoms with Crippen LogP contribution in [0.1, 0.15) is 38.5 Å². The predicted molar refractivity (Wildman–Crippen MR) is 43.8 cm³/mol. The van der Waals surface area contributed by atoms with Crippen LogP contribution >= 0.6 is 0 Å². The Morgan fingerprint density at radius 1 is 0.636 bits per heavy atom. The quantitative estimate of drug-likeness (QED) is 0.326. The van der Waals surface area contributed by atoms with E-state index in [1.807, 2.05) is 0 Å². The summed E-state index contributed by atoms with van der Waals surface area (Å²) in [7, 11) is 0. The van der Waals surface area contributed by atoms with Gasteiger partial charge in [0.15, 0.2) is 0 Å². The molecule has 0 amide bonds. The standard InChI is InChI=1S/C6H12.C2H4O.H2O2/c1-2-4-6-5-3-1;1-2-3-1;1-2/h1-6H2;1-2H2;1-2H. The average Bonchev–Trinajstić information content (AvgIpc) is 2.97. The van der Waals surface area contributed by atoms with E-state index >= 15 is 0 Å². The molecule has 1 saturated heterocycles. The zero-order chi connectivity index (χ0) is 8.36. The molecular weight excluding hydrogens is 144 g/mol. The summed E-state index contributed by atoms with van der Waals surface area (Å²) in [5, 5.41) is 12.0. The van der Waals surface area contributed by atoms with Crippen molar-refractivity contribution < 1.29 is 15.3 Å². The topological polar surface area (TPSA) is 53.0 Å². The van der Waals surface area contributed by atoms with E-state index in [1.54, 1.807) is 0 Å². The highest BCUT2D eigenvalue weighted by Gasteiger charge is 1.95. The summed E-state index contributed by atoms with van der Waals surface area (Å²) in [5.41, 5.74) is 0. The highest BCUT2D eigenvalue weighted by molar-refractivity contribution is 4.51. The van der Waals surface area contributed by atoms with E-state index in [4.69, 9.17) is 10.5 Å². The van der Waals surface area contributed by atoms with Crippen molar-refractivity contribution >= 4 is 0 Å². The summed E-state index contributed by atoms with van der Waals surface area (Å²) in [6.07, 6.45) is 9.00. The lowest BCUT2D eigenvalue weighted by Crippen LogP contribution is -1.85. The molecule has 0 unspecified atom stereocenters. The van der Waals surface area contributed by atoms with Crippen molar-refractivity contribution in [2.24, 2.45) is 0 Å². The van der Waals surface area contributed by atoms with Gasteiger partial charge >= 0.3 is 0 Å². The van der Waals surface area contributed by atoms with Gasteiger partial charge in [-0.1, -0.05) is 38.5 Å². The third-order valence-electron chi connectivity index (χ3n) is 1.70. The zero-order valence-corrected chi connectivity index (χ0v) is 6.96. The Kier molecular flexibility index (Phi) is 9.77. The van der Waals surface area contributed by atoms with E-state index in [2.05, 4.69) is 4.74 Å². The lowest BCUT2D eigenvalue weighted by Gasteiger charge is -2.05. The molecule has 2 aliphatic rings. The molecule has 2 N–H and O–H groups in total. The van der Waals surface area contributed by atoms with E-state index in [1.165, 1.54) is 38.5 Å². The van der Waals surface area contributed by atoms with Crippen LogP contribution in [0.15, 0.2) is 0 Å². The van der Waals surface area contributed by atoms with Gasteiger partial charge in [0, 0.05) is 0 Å². The molecule has 0 aromatic carbocycles. The first-order chi connectivity index (χ1) is 5.50. The van der Waals surface area contributed by atoms with Gasteiger partial charge in [0.1, 0.15) is 0 Å². The second-order valence-corrected chi connectivity index (χ2v) is 2.73. The van der Waals surface area contributed by atoms with Crippen LogP contribution in [0.3, 0.4) is 0 Å². The fourth-order valence-electron chi connectivity index (χ4n) is 1.06. The van der Waals surface area contributed by atoms with Crippen LogP contribution in [0.4, 0.5) is 0 Å². The van der Waals surface area contributed by atoms with E-state index < -0.39 is 0 Å². The van der Waals surface area contributed by atoms with E-state index in [0.29, 0.717) is 0 Å². The summed E-state index contributed by atoms with van der Waals surface area (Å²) in [6.45, 7) is 2.00. The maximum Gasteiger partial charge on any atom is 0.0701 e. The van der Waals surface area contributed by atoms with Crippen molar-refractivity contribution in [3.8, 4) is 0 Å². The second kappa shape index (κ2) is 9.88. The third kappa shape index (κ3) is 13.0. The van der Waals surface area contributed by atoms with E-state index in [0.717, 1.165) is 13.2 Å². The van der Waals surface area contributed by atoms with Crippen LogP contribution in [0.5, 0.6) is 0 Å². The van der Waals surface area contributed by atoms with Crippen molar-refractivity contribution in [2.75, 3.05) is 13.2 Å². The first-order valence-electron chi connectivity index (χ1n) is 4.28. The van der Waals surface area contributed by atoms with Gasteiger partial charge in [-0.15, -0.1) is 0 Å². The van der Waals surface area contributed by atoms with Crippen molar-refractivity contribution in [1.82, 2.24) is 0 Å². The van der Waals surface area contributed by atoms with Crippen LogP contribution in [0.25, 0.3) is 0 Å². The number of rotatable bonds is 0. The molecule has 1 saturated carbocycles. The summed E-state index contributed by atoms with van der Waals surface area (Å²) in [6, 6.07) is 0. The molecule has 0 atom stereocenters. The van der Waals surface area contributed by atoms with Crippen molar-refractivity contribution in [2.45, 2.75) is 38.5 Å². The summed E-state index contributed by atoms with van der Waals surface area (Å²) < 4.78 is 4.50. The number of hydrogen-bond donors (Lipinski definition) is 2. The molecule has 3 heteroatoms. The van der Waals surface area contributed by atoms with Gasteiger partial charge in [0.05, 0.1) is 13.2 Å². The van der Waals surface area contributed by atoms with Crippen molar-refractivity contribution in [1.29, 1.82) is 0 Å². The summed E-state index contributed by atoms with van der Waals surface area (Å²) in [4.78, 5) is 0. The molecule has 2 fully saturated rings. The smallest absolute Gasteiger partial charge is 0.0701 e. The van der Waals surface area contributed by atoms with Crippen LogP contribution in [0.2, 0.25) is 0 Å². The summed E-state index contributed by atoms with van der Waals surface area (Å²) in [5.74, 6) is 0. The molecule has 1 heterocycles. The lowest BCUT2D eigenvalue weighted by molar-refractivity contribution is -0.176. The van der Waals surface area contributed by atoms with Crippen LogP contribution in [0, 0.1) is 0 Å². The van der Waals surface area contributed by atoms with Gasteiger partial charge in [0.25, 0.3) is 0 Å².